The summed E-state index contributed by atoms with van der Waals surface area (Å²) >= 11 is 0. The molecule has 0 amide bonds. The van der Waals surface area contributed by atoms with Gasteiger partial charge in [0.2, 0.25) is 0 Å². The van der Waals surface area contributed by atoms with Crippen molar-refractivity contribution >= 4 is 0 Å². The Balaban J connectivity index is 3.01. The van der Waals surface area contributed by atoms with Gasteiger partial charge in [0.1, 0.15) is 0 Å². The predicted molar refractivity (Wildman–Crippen MR) is 38.8 cm³/mol. The molecule has 3 nitrogen and oxygen atoms in total. The molecule has 0 aliphatic rings. The Morgan fingerprint density at radius 2 is 1.83 bits per heavy atom. The van der Waals surface area contributed by atoms with E-state index in [4.69, 9.17) is 0 Å². The van der Waals surface area contributed by atoms with Crippen molar-refractivity contribution in [3.8, 4) is 0 Å². The second-order valence-electron chi connectivity index (χ2n) is 2.15. The van der Waals surface area contributed by atoms with Crippen LogP contribution in [0, 0.1) is 0 Å². The predicted octanol–water partition coefficient (Wildman–Crippen LogP) is 0.332. The normalized spacial score (nSPS) is 12.0. The lowest BCUT2D eigenvalue weighted by Crippen LogP contribution is -2.29. The third-order valence-corrected chi connectivity index (χ3v) is 1.10. The zero-order valence-electron chi connectivity index (χ0n) is 6.87. The van der Waals surface area contributed by atoms with Gasteiger partial charge in [-0.2, -0.15) is 0 Å². The Morgan fingerprint density at radius 1 is 1.17 bits per heavy atom. The lowest BCUT2D eigenvalue weighted by atomic mass is 10.6. The fourth-order valence-corrected chi connectivity index (χ4v) is 0.577. The summed E-state index contributed by atoms with van der Waals surface area (Å²) in [6.07, 6.45) is -4.51. The highest BCUT2D eigenvalue weighted by Gasteiger charge is 2.28. The first-order valence-electron chi connectivity index (χ1n) is 3.62. The van der Waals surface area contributed by atoms with Gasteiger partial charge in [-0.1, -0.05) is 0 Å². The SMILES string of the molecule is CNCCNCCOC(F)(F)F. The van der Waals surface area contributed by atoms with Crippen molar-refractivity contribution in [1.29, 1.82) is 0 Å². The third kappa shape index (κ3) is 9.67. The summed E-state index contributed by atoms with van der Waals surface area (Å²) in [6.45, 7) is 1.23. The van der Waals surface area contributed by atoms with Crippen LogP contribution in [0.5, 0.6) is 0 Å². The topological polar surface area (TPSA) is 33.3 Å². The summed E-state index contributed by atoms with van der Waals surface area (Å²) in [5.41, 5.74) is 0. The molecule has 0 heterocycles. The summed E-state index contributed by atoms with van der Waals surface area (Å²) in [5, 5.41) is 5.62. The van der Waals surface area contributed by atoms with Gasteiger partial charge in [-0.25, -0.2) is 0 Å². The number of rotatable bonds is 6. The Hall–Kier alpha value is -0.330. The van der Waals surface area contributed by atoms with Gasteiger partial charge in [-0.3, -0.25) is 4.74 Å². The highest BCUT2D eigenvalue weighted by atomic mass is 19.4. The minimum Gasteiger partial charge on any atom is -0.318 e. The molecule has 0 aliphatic heterocycles. The zero-order chi connectivity index (χ0) is 9.45. The molecule has 0 aromatic heterocycles. The minimum atomic E-state index is -4.51. The Bertz CT molecular complexity index is 107. The molecule has 0 radical (unpaired) electrons. The van der Waals surface area contributed by atoms with E-state index in [9.17, 15) is 13.2 Å². The molecule has 0 aliphatic carbocycles. The second-order valence-corrected chi connectivity index (χ2v) is 2.15. The number of halogens is 3. The van der Waals surface area contributed by atoms with E-state index in [2.05, 4.69) is 15.4 Å². The van der Waals surface area contributed by atoms with Crippen molar-refractivity contribution in [1.82, 2.24) is 10.6 Å². The minimum absolute atomic E-state index is 0.210. The fraction of sp³-hybridized carbons (Fsp3) is 1.00. The summed E-state index contributed by atoms with van der Waals surface area (Å²) in [7, 11) is 1.77. The van der Waals surface area contributed by atoms with Crippen LogP contribution in [-0.4, -0.2) is 39.7 Å². The van der Waals surface area contributed by atoms with Gasteiger partial charge in [0.05, 0.1) is 6.61 Å². The van der Waals surface area contributed by atoms with E-state index in [-0.39, 0.29) is 13.2 Å². The van der Waals surface area contributed by atoms with E-state index in [0.29, 0.717) is 6.54 Å². The maximum atomic E-state index is 11.4. The van der Waals surface area contributed by atoms with Crippen LogP contribution in [-0.2, 0) is 4.74 Å². The van der Waals surface area contributed by atoms with E-state index in [1.54, 1.807) is 7.05 Å². The third-order valence-electron chi connectivity index (χ3n) is 1.10. The number of hydrogen-bond acceptors (Lipinski definition) is 3. The summed E-state index contributed by atoms with van der Waals surface area (Å²) in [6, 6.07) is 0. The Kier molecular flexibility index (Phi) is 6.04. The van der Waals surface area contributed by atoms with Gasteiger partial charge in [0, 0.05) is 19.6 Å². The molecule has 0 unspecified atom stereocenters. The van der Waals surface area contributed by atoms with Crippen LogP contribution in [0.3, 0.4) is 0 Å². The molecule has 0 saturated heterocycles. The van der Waals surface area contributed by atoms with Crippen LogP contribution in [0.4, 0.5) is 13.2 Å². The van der Waals surface area contributed by atoms with E-state index in [1.807, 2.05) is 0 Å². The molecule has 0 spiro atoms. The molecule has 0 bridgehead atoms. The quantitative estimate of drug-likeness (QED) is 0.586. The van der Waals surface area contributed by atoms with E-state index in [0.717, 1.165) is 6.54 Å². The van der Waals surface area contributed by atoms with Crippen molar-refractivity contribution in [2.45, 2.75) is 6.36 Å². The largest absolute Gasteiger partial charge is 0.522 e. The molecular formula is C6H13F3N2O. The van der Waals surface area contributed by atoms with Crippen LogP contribution in [0.15, 0.2) is 0 Å². The maximum absolute atomic E-state index is 11.4. The lowest BCUT2D eigenvalue weighted by molar-refractivity contribution is -0.323. The van der Waals surface area contributed by atoms with Gasteiger partial charge in [0.15, 0.2) is 0 Å². The molecule has 0 saturated carbocycles. The van der Waals surface area contributed by atoms with Crippen LogP contribution >= 0.6 is 0 Å². The lowest BCUT2D eigenvalue weighted by Gasteiger charge is -2.07. The standard InChI is InChI=1S/C6H13F3N2O/c1-10-2-3-11-4-5-12-6(7,8)9/h10-11H,2-5H2,1H3. The highest BCUT2D eigenvalue weighted by Crippen LogP contribution is 2.14. The first kappa shape index (κ1) is 11.7. The summed E-state index contributed by atoms with van der Waals surface area (Å²) in [5.74, 6) is 0. The summed E-state index contributed by atoms with van der Waals surface area (Å²) < 4.78 is 37.6. The molecule has 2 N–H and O–H groups in total. The van der Waals surface area contributed by atoms with Crippen LogP contribution in [0.1, 0.15) is 0 Å². The molecule has 74 valence electrons. The maximum Gasteiger partial charge on any atom is 0.522 e. The first-order valence-corrected chi connectivity index (χ1v) is 3.62. The van der Waals surface area contributed by atoms with Crippen molar-refractivity contribution in [3.05, 3.63) is 0 Å². The molecule has 0 fully saturated rings. The number of alkyl halides is 3. The molecule has 12 heavy (non-hydrogen) atoms. The highest BCUT2D eigenvalue weighted by molar-refractivity contribution is 4.47. The zero-order valence-corrected chi connectivity index (χ0v) is 6.87. The van der Waals surface area contributed by atoms with Gasteiger partial charge in [-0.15, -0.1) is 13.2 Å². The van der Waals surface area contributed by atoms with Crippen molar-refractivity contribution < 1.29 is 17.9 Å². The van der Waals surface area contributed by atoms with Crippen molar-refractivity contribution in [2.24, 2.45) is 0 Å². The number of likely N-dealkylation sites (N-methyl/N-ethyl adjacent to an activating group) is 1. The molecule has 6 heteroatoms. The smallest absolute Gasteiger partial charge is 0.318 e. The Labute approximate surface area is 69.3 Å². The first-order chi connectivity index (χ1) is 5.56. The molecule has 0 atom stereocenters. The van der Waals surface area contributed by atoms with E-state index < -0.39 is 6.36 Å². The fourth-order valence-electron chi connectivity index (χ4n) is 0.577. The van der Waals surface area contributed by atoms with Crippen molar-refractivity contribution in [2.75, 3.05) is 33.3 Å². The molecule has 0 aromatic carbocycles. The molecule has 0 rings (SSSR count). The average Bonchev–Trinajstić information content (AvgIpc) is 1.94. The van der Waals surface area contributed by atoms with Gasteiger partial charge in [0.25, 0.3) is 0 Å². The van der Waals surface area contributed by atoms with Gasteiger partial charge in [-0.05, 0) is 7.05 Å². The van der Waals surface area contributed by atoms with Gasteiger partial charge >= 0.3 is 6.36 Å². The molecule has 0 aromatic rings. The number of hydrogen-bond donors (Lipinski definition) is 2. The summed E-state index contributed by atoms with van der Waals surface area (Å²) in [4.78, 5) is 0. The van der Waals surface area contributed by atoms with Gasteiger partial charge < -0.3 is 10.6 Å². The second kappa shape index (κ2) is 6.22. The average molecular weight is 186 g/mol. The van der Waals surface area contributed by atoms with E-state index >= 15 is 0 Å². The van der Waals surface area contributed by atoms with Crippen molar-refractivity contribution in [3.63, 3.8) is 0 Å². The number of nitrogens with one attached hydrogen (secondary N) is 2. The van der Waals surface area contributed by atoms with Crippen LogP contribution in [0.2, 0.25) is 0 Å². The van der Waals surface area contributed by atoms with Crippen LogP contribution in [0.25, 0.3) is 0 Å². The monoisotopic (exact) mass is 186 g/mol. The molecular weight excluding hydrogens is 173 g/mol. The van der Waals surface area contributed by atoms with E-state index in [1.165, 1.54) is 0 Å². The van der Waals surface area contributed by atoms with Crippen LogP contribution < -0.4 is 10.6 Å². The number of ether oxygens (including phenoxy) is 1. The Morgan fingerprint density at radius 3 is 2.33 bits per heavy atom.